The fraction of sp³-hybridized carbons (Fsp3) is 0.379. The van der Waals surface area contributed by atoms with Crippen LogP contribution in [0.3, 0.4) is 0 Å². The maximum absolute atomic E-state index is 13.2. The Morgan fingerprint density at radius 1 is 1.23 bits per heavy atom. The topological polar surface area (TPSA) is 62.2 Å². The zero-order valence-electron chi connectivity index (χ0n) is 21.7. The number of hydrogen-bond donors (Lipinski definition) is 2. The first kappa shape index (κ1) is 27.3. The van der Waals surface area contributed by atoms with Crippen LogP contribution in [-0.2, 0) is 11.8 Å². The lowest BCUT2D eigenvalue weighted by molar-refractivity contribution is -0.143. The molecule has 2 heterocycles. The number of benzene rings is 1. The highest BCUT2D eigenvalue weighted by Gasteiger charge is 2.32. The summed E-state index contributed by atoms with van der Waals surface area (Å²) in [6, 6.07) is 3.94. The molecule has 0 bridgehead atoms. The van der Waals surface area contributed by atoms with E-state index in [1.54, 1.807) is 6.08 Å². The van der Waals surface area contributed by atoms with Crippen molar-refractivity contribution in [2.75, 3.05) is 29.9 Å². The molecule has 0 radical (unpaired) electrons. The first-order valence-corrected chi connectivity index (χ1v) is 13.7. The van der Waals surface area contributed by atoms with Crippen LogP contribution in [0.15, 0.2) is 70.3 Å². The molecule has 0 spiro atoms. The van der Waals surface area contributed by atoms with Gasteiger partial charge in [-0.25, -0.2) is 4.98 Å². The van der Waals surface area contributed by atoms with E-state index in [0.29, 0.717) is 41.0 Å². The summed E-state index contributed by atoms with van der Waals surface area (Å²) in [6.45, 7) is 2.45. The Hall–Kier alpha value is -3.28. The van der Waals surface area contributed by atoms with Crippen LogP contribution in [-0.4, -0.2) is 41.0 Å². The second-order valence-corrected chi connectivity index (χ2v) is 11.0. The van der Waals surface area contributed by atoms with E-state index in [9.17, 15) is 13.6 Å². The Morgan fingerprint density at radius 3 is 2.69 bits per heavy atom. The summed E-state index contributed by atoms with van der Waals surface area (Å²) in [5.74, 6) is -3.84. The van der Waals surface area contributed by atoms with E-state index in [0.717, 1.165) is 42.7 Å². The Morgan fingerprint density at radius 2 is 2.00 bits per heavy atom. The number of piperidine rings is 1. The lowest BCUT2D eigenvalue weighted by atomic mass is 9.88. The molecular formula is C29H29Cl2F2N5O. The summed E-state index contributed by atoms with van der Waals surface area (Å²) >= 11 is 13.2. The largest absolute Gasteiger partial charge is 0.370 e. The van der Waals surface area contributed by atoms with Crippen molar-refractivity contribution in [3.63, 3.8) is 0 Å². The number of allylic oxidation sites excluding steroid dienone is 6. The minimum Gasteiger partial charge on any atom is -0.370 e. The van der Waals surface area contributed by atoms with Crippen molar-refractivity contribution in [1.29, 1.82) is 0 Å². The number of fused-ring (bicyclic) bond motifs is 1. The molecule has 1 aromatic heterocycles. The molecule has 2 aromatic rings. The molecule has 1 atom stereocenters. The predicted molar refractivity (Wildman–Crippen MR) is 152 cm³/mol. The monoisotopic (exact) mass is 571 g/mol. The number of nitrogens with one attached hydrogen (secondary N) is 2. The van der Waals surface area contributed by atoms with E-state index in [1.807, 2.05) is 35.9 Å². The molecule has 39 heavy (non-hydrogen) atoms. The van der Waals surface area contributed by atoms with E-state index in [4.69, 9.17) is 28.2 Å². The third-order valence-corrected chi connectivity index (χ3v) is 8.03. The van der Waals surface area contributed by atoms with Gasteiger partial charge in [-0.05, 0) is 61.1 Å². The molecule has 1 saturated heterocycles. The zero-order chi connectivity index (χ0) is 27.7. The molecule has 1 amide bonds. The van der Waals surface area contributed by atoms with Gasteiger partial charge in [-0.15, -0.1) is 0 Å². The summed E-state index contributed by atoms with van der Waals surface area (Å²) < 4.78 is 28.4. The number of carbonyl (C=O) groups is 1. The Kier molecular flexibility index (Phi) is 7.75. The van der Waals surface area contributed by atoms with Gasteiger partial charge in [0.05, 0.1) is 32.5 Å². The van der Waals surface area contributed by atoms with E-state index >= 15 is 0 Å². The van der Waals surface area contributed by atoms with Crippen LogP contribution in [0.5, 0.6) is 0 Å². The summed E-state index contributed by atoms with van der Waals surface area (Å²) in [5.41, 5.74) is 10.6. The number of aryl methyl sites for hydroxylation is 1. The molecule has 2 aliphatic carbocycles. The van der Waals surface area contributed by atoms with Gasteiger partial charge in [0.15, 0.2) is 0 Å². The molecule has 5 rings (SSSR count). The third kappa shape index (κ3) is 6.00. The maximum atomic E-state index is 13.2. The lowest BCUT2D eigenvalue weighted by Gasteiger charge is -2.34. The van der Waals surface area contributed by atoms with Crippen LogP contribution >= 0.6 is 23.2 Å². The van der Waals surface area contributed by atoms with Crippen molar-refractivity contribution in [2.45, 2.75) is 32.1 Å². The number of hydrogen-bond acceptors (Lipinski definition) is 4. The predicted octanol–water partition coefficient (Wildman–Crippen LogP) is 6.46. The van der Waals surface area contributed by atoms with E-state index < -0.39 is 11.8 Å². The highest BCUT2D eigenvalue weighted by molar-refractivity contribution is 6.34. The third-order valence-electron chi connectivity index (χ3n) is 7.37. The molecule has 1 fully saturated rings. The van der Waals surface area contributed by atoms with Crippen molar-refractivity contribution >= 4 is 51.8 Å². The summed E-state index contributed by atoms with van der Waals surface area (Å²) in [5, 5.41) is 6.72. The number of imidazole rings is 1. The van der Waals surface area contributed by atoms with Crippen LogP contribution < -0.4 is 15.5 Å². The second kappa shape index (κ2) is 11.1. The molecule has 1 unspecified atom stereocenters. The van der Waals surface area contributed by atoms with E-state index in [-0.39, 0.29) is 12.5 Å². The summed E-state index contributed by atoms with van der Waals surface area (Å²) in [6.07, 6.45) is 12.3. The molecule has 204 valence electrons. The van der Waals surface area contributed by atoms with Gasteiger partial charge < -0.3 is 20.1 Å². The van der Waals surface area contributed by atoms with Gasteiger partial charge in [0, 0.05) is 39.5 Å². The van der Waals surface area contributed by atoms with Crippen LogP contribution in [0.1, 0.15) is 26.2 Å². The minimum absolute atomic E-state index is 0.0767. The van der Waals surface area contributed by atoms with Crippen molar-refractivity contribution in [3.8, 4) is 0 Å². The van der Waals surface area contributed by atoms with Gasteiger partial charge in [0.2, 0.25) is 5.95 Å². The number of carbonyl (C=O) groups excluding carboxylic acids is 1. The Labute approximate surface area is 236 Å². The average Bonchev–Trinajstić information content (AvgIpc) is 3.22. The van der Waals surface area contributed by atoms with E-state index in [2.05, 4.69) is 39.1 Å². The lowest BCUT2D eigenvalue weighted by Crippen LogP contribution is -2.40. The Balaban J connectivity index is 1.30. The minimum atomic E-state index is -3.42. The van der Waals surface area contributed by atoms with Crippen LogP contribution in [0.2, 0.25) is 5.02 Å². The quantitative estimate of drug-likeness (QED) is 0.374. The van der Waals surface area contributed by atoms with Gasteiger partial charge in [-0.2, -0.15) is 8.78 Å². The Bertz CT molecular complexity index is 1500. The van der Waals surface area contributed by atoms with Crippen molar-refractivity contribution in [3.05, 3.63) is 75.3 Å². The highest BCUT2D eigenvalue weighted by atomic mass is 35.5. The molecule has 2 N–H and O–H groups in total. The van der Waals surface area contributed by atoms with Gasteiger partial charge in [-0.1, -0.05) is 46.8 Å². The molecular weight excluding hydrogens is 543 g/mol. The standard InChI is InChI=1S/C29H29Cl2F2N5O/c1-29(32,33)27(39)34-17-18-8-9-21(30)23(14-18)35-28-36-24-15-22(31)25(16-26(24)37(28)2)38-12-10-20(11-13-38)19-6-4-3-5-7-19/h4,6-7,9,14-16,18,20H,8,10-13,17H2,1-2H3,(H,34,39)(H,35,36). The van der Waals surface area contributed by atoms with Crippen LogP contribution in [0.25, 0.3) is 11.0 Å². The average molecular weight is 572 g/mol. The van der Waals surface area contributed by atoms with Crippen molar-refractivity contribution < 1.29 is 13.6 Å². The maximum Gasteiger partial charge on any atom is 0.321 e. The number of rotatable bonds is 7. The molecule has 6 nitrogen and oxygen atoms in total. The highest BCUT2D eigenvalue weighted by Crippen LogP contribution is 2.36. The number of halogens is 4. The first-order valence-electron chi connectivity index (χ1n) is 12.9. The summed E-state index contributed by atoms with van der Waals surface area (Å²) in [4.78, 5) is 18.6. The number of anilines is 2. The summed E-state index contributed by atoms with van der Waals surface area (Å²) in [7, 11) is 1.91. The number of nitrogens with zero attached hydrogens (tertiary/aromatic N) is 3. The fourth-order valence-electron chi connectivity index (χ4n) is 5.11. The van der Waals surface area contributed by atoms with Crippen molar-refractivity contribution in [2.24, 2.45) is 18.9 Å². The van der Waals surface area contributed by atoms with E-state index in [1.165, 1.54) is 5.57 Å². The van der Waals surface area contributed by atoms with Crippen LogP contribution in [0, 0.1) is 11.8 Å². The normalized spacial score (nSPS) is 19.7. The van der Waals surface area contributed by atoms with Gasteiger partial charge in [0.25, 0.3) is 5.91 Å². The van der Waals surface area contributed by atoms with Crippen LogP contribution in [0.4, 0.5) is 20.4 Å². The number of alkyl halides is 2. The van der Waals surface area contributed by atoms with Gasteiger partial charge in [-0.3, -0.25) is 4.79 Å². The van der Waals surface area contributed by atoms with Gasteiger partial charge >= 0.3 is 5.92 Å². The second-order valence-electron chi connectivity index (χ2n) is 10.2. The van der Waals surface area contributed by atoms with Crippen molar-refractivity contribution in [1.82, 2.24) is 14.9 Å². The number of amides is 1. The fourth-order valence-corrected chi connectivity index (χ4v) is 5.59. The molecule has 0 saturated carbocycles. The molecule has 10 heteroatoms. The molecule has 3 aliphatic rings. The molecule has 1 aliphatic heterocycles. The number of aromatic nitrogens is 2. The SMILES string of the molecule is Cn1c(NC2=CC(CNC(=O)C(C)(F)F)CC=C2Cl)nc2cc(Cl)c(N3CCC(C4=CC=C=C=C4)CC3)cc21. The first-order chi connectivity index (χ1) is 18.6. The molecule has 1 aromatic carbocycles. The van der Waals surface area contributed by atoms with Gasteiger partial charge in [0.1, 0.15) is 0 Å². The smallest absolute Gasteiger partial charge is 0.321 e. The zero-order valence-corrected chi connectivity index (χ0v) is 23.2.